The molecule has 7 nitrogen and oxygen atoms in total. The van der Waals surface area contributed by atoms with Crippen molar-refractivity contribution in [3.05, 3.63) is 34.4 Å². The first-order valence-electron chi connectivity index (χ1n) is 7.94. The highest BCUT2D eigenvalue weighted by Crippen LogP contribution is 2.22. The summed E-state index contributed by atoms with van der Waals surface area (Å²) in [7, 11) is 1.78. The Morgan fingerprint density at radius 2 is 2.26 bits per heavy atom. The summed E-state index contributed by atoms with van der Waals surface area (Å²) in [5.41, 5.74) is 0.408. The van der Waals surface area contributed by atoms with Crippen molar-refractivity contribution in [3.8, 4) is 0 Å². The molecule has 1 aliphatic rings. The molecule has 0 spiro atoms. The van der Waals surface area contributed by atoms with E-state index in [9.17, 15) is 14.9 Å². The van der Waals surface area contributed by atoms with Crippen molar-refractivity contribution in [1.82, 2.24) is 9.80 Å². The average molecular weight is 320 g/mol. The van der Waals surface area contributed by atoms with Crippen LogP contribution in [0.2, 0.25) is 0 Å². The molecule has 0 radical (unpaired) electrons. The summed E-state index contributed by atoms with van der Waals surface area (Å²) < 4.78 is 0. The topological polar surface area (TPSA) is 78.7 Å². The smallest absolute Gasteiger partial charge is 0.321 e. The zero-order valence-electron chi connectivity index (χ0n) is 13.9. The fraction of sp³-hybridized carbons (Fsp3) is 0.562. The molecule has 0 aromatic heterocycles. The molecule has 126 valence electrons. The van der Waals surface area contributed by atoms with Crippen LogP contribution in [0.3, 0.4) is 0 Å². The Kier molecular flexibility index (Phi) is 5.54. The van der Waals surface area contributed by atoms with E-state index in [1.54, 1.807) is 24.1 Å². The second kappa shape index (κ2) is 7.41. The molecule has 2 amide bonds. The SMILES string of the molecule is CCN1CCC(N(C)C(=O)Nc2cccc([N+](=O)[O-])c2)CC1C. The van der Waals surface area contributed by atoms with Crippen molar-refractivity contribution in [1.29, 1.82) is 0 Å². The maximum atomic E-state index is 12.4. The number of piperidine rings is 1. The number of anilines is 1. The van der Waals surface area contributed by atoms with Gasteiger partial charge >= 0.3 is 6.03 Å². The molecule has 1 aromatic carbocycles. The number of likely N-dealkylation sites (tertiary alicyclic amines) is 1. The van der Waals surface area contributed by atoms with Gasteiger partial charge in [0.2, 0.25) is 0 Å². The predicted octanol–water partition coefficient (Wildman–Crippen LogP) is 2.93. The molecular formula is C16H24N4O3. The first kappa shape index (κ1) is 17.2. The molecule has 1 saturated heterocycles. The Bertz CT molecular complexity index is 578. The van der Waals surface area contributed by atoms with Crippen LogP contribution >= 0.6 is 0 Å². The van der Waals surface area contributed by atoms with E-state index in [1.807, 2.05) is 0 Å². The van der Waals surface area contributed by atoms with Crippen LogP contribution in [0, 0.1) is 10.1 Å². The standard InChI is InChI=1S/C16H24N4O3/c1-4-19-9-8-14(10-12(19)2)18(3)16(21)17-13-6-5-7-15(11-13)20(22)23/h5-7,11-12,14H,4,8-10H2,1-3H3,(H,17,21). The number of carbonyl (C=O) groups excluding carboxylic acids is 1. The third-order valence-electron chi connectivity index (χ3n) is 4.57. The van der Waals surface area contributed by atoms with Gasteiger partial charge in [0.25, 0.3) is 5.69 Å². The number of nitrogens with one attached hydrogen (secondary N) is 1. The molecule has 2 atom stereocenters. The number of hydrogen-bond donors (Lipinski definition) is 1. The van der Waals surface area contributed by atoms with Crippen molar-refractivity contribution < 1.29 is 9.72 Å². The van der Waals surface area contributed by atoms with Crippen molar-refractivity contribution >= 4 is 17.4 Å². The molecule has 7 heteroatoms. The van der Waals surface area contributed by atoms with Crippen LogP contribution in [0.4, 0.5) is 16.2 Å². The highest BCUT2D eigenvalue weighted by Gasteiger charge is 2.29. The number of nitrogens with zero attached hydrogens (tertiary/aromatic N) is 3. The Morgan fingerprint density at radius 3 is 2.87 bits per heavy atom. The van der Waals surface area contributed by atoms with Crippen LogP contribution in [0.5, 0.6) is 0 Å². The fourth-order valence-corrected chi connectivity index (χ4v) is 3.09. The van der Waals surface area contributed by atoms with Crippen LogP contribution in [0.15, 0.2) is 24.3 Å². The van der Waals surface area contributed by atoms with Crippen molar-refractivity contribution in [3.63, 3.8) is 0 Å². The predicted molar refractivity (Wildman–Crippen MR) is 89.6 cm³/mol. The van der Waals surface area contributed by atoms with Gasteiger partial charge < -0.3 is 15.1 Å². The van der Waals surface area contributed by atoms with E-state index in [1.165, 1.54) is 12.1 Å². The van der Waals surface area contributed by atoms with E-state index in [2.05, 4.69) is 24.1 Å². The van der Waals surface area contributed by atoms with Crippen LogP contribution in [-0.2, 0) is 0 Å². The van der Waals surface area contributed by atoms with E-state index < -0.39 is 4.92 Å². The van der Waals surface area contributed by atoms with Crippen molar-refractivity contribution in [2.24, 2.45) is 0 Å². The van der Waals surface area contributed by atoms with Crippen molar-refractivity contribution in [2.75, 3.05) is 25.5 Å². The lowest BCUT2D eigenvalue weighted by Crippen LogP contribution is -2.50. The monoisotopic (exact) mass is 320 g/mol. The third kappa shape index (κ3) is 4.19. The van der Waals surface area contributed by atoms with Crippen LogP contribution in [0.25, 0.3) is 0 Å². The Balaban J connectivity index is 1.98. The van der Waals surface area contributed by atoms with E-state index in [0.29, 0.717) is 11.7 Å². The zero-order chi connectivity index (χ0) is 17.0. The molecule has 2 unspecified atom stereocenters. The molecule has 2 rings (SSSR count). The number of urea groups is 1. The lowest BCUT2D eigenvalue weighted by atomic mass is 9.97. The molecular weight excluding hydrogens is 296 g/mol. The molecule has 1 N–H and O–H groups in total. The Morgan fingerprint density at radius 1 is 1.52 bits per heavy atom. The number of rotatable bonds is 4. The summed E-state index contributed by atoms with van der Waals surface area (Å²) in [5, 5.41) is 13.5. The number of non-ortho nitro benzene ring substituents is 1. The largest absolute Gasteiger partial charge is 0.325 e. The third-order valence-corrected chi connectivity index (χ3v) is 4.57. The molecule has 1 aromatic rings. The van der Waals surface area contributed by atoms with Crippen LogP contribution < -0.4 is 5.32 Å². The maximum Gasteiger partial charge on any atom is 0.321 e. The Hall–Kier alpha value is -2.15. The number of hydrogen-bond acceptors (Lipinski definition) is 4. The number of nitro groups is 1. The van der Waals surface area contributed by atoms with Crippen molar-refractivity contribution in [2.45, 2.75) is 38.8 Å². The minimum absolute atomic E-state index is 0.0321. The highest BCUT2D eigenvalue weighted by molar-refractivity contribution is 5.89. The summed E-state index contributed by atoms with van der Waals surface area (Å²) in [4.78, 5) is 26.8. The molecule has 1 heterocycles. The van der Waals surface area contributed by atoms with Gasteiger partial charge in [0.05, 0.1) is 4.92 Å². The molecule has 1 aliphatic heterocycles. The first-order valence-corrected chi connectivity index (χ1v) is 7.94. The zero-order valence-corrected chi connectivity index (χ0v) is 13.9. The summed E-state index contributed by atoms with van der Waals surface area (Å²) in [5.74, 6) is 0. The normalized spacial score (nSPS) is 21.7. The van der Waals surface area contributed by atoms with Gasteiger partial charge in [0, 0.05) is 43.5 Å². The lowest BCUT2D eigenvalue weighted by Gasteiger charge is -2.40. The van der Waals surface area contributed by atoms with Crippen LogP contribution in [0.1, 0.15) is 26.7 Å². The first-order chi connectivity index (χ1) is 10.9. The molecule has 0 saturated carbocycles. The number of carbonyl (C=O) groups is 1. The minimum Gasteiger partial charge on any atom is -0.325 e. The van der Waals surface area contributed by atoms with Gasteiger partial charge in [-0.3, -0.25) is 10.1 Å². The van der Waals surface area contributed by atoms with E-state index >= 15 is 0 Å². The van der Waals surface area contributed by atoms with Gasteiger partial charge in [0.1, 0.15) is 0 Å². The van der Waals surface area contributed by atoms with Gasteiger partial charge in [-0.25, -0.2) is 4.79 Å². The summed E-state index contributed by atoms with van der Waals surface area (Å²) in [6, 6.07) is 6.40. The van der Waals surface area contributed by atoms with Gasteiger partial charge in [-0.05, 0) is 32.4 Å². The minimum atomic E-state index is -0.471. The molecule has 0 aliphatic carbocycles. The average Bonchev–Trinajstić information content (AvgIpc) is 2.54. The lowest BCUT2D eigenvalue weighted by molar-refractivity contribution is -0.384. The van der Waals surface area contributed by atoms with Gasteiger partial charge in [-0.15, -0.1) is 0 Å². The van der Waals surface area contributed by atoms with Crippen LogP contribution in [-0.4, -0.2) is 53.0 Å². The maximum absolute atomic E-state index is 12.4. The van der Waals surface area contributed by atoms with Gasteiger partial charge in [-0.2, -0.15) is 0 Å². The van der Waals surface area contributed by atoms with E-state index in [-0.39, 0.29) is 17.8 Å². The molecule has 1 fully saturated rings. The van der Waals surface area contributed by atoms with E-state index in [0.717, 1.165) is 25.9 Å². The summed E-state index contributed by atoms with van der Waals surface area (Å²) >= 11 is 0. The molecule has 0 bridgehead atoms. The number of benzene rings is 1. The quantitative estimate of drug-likeness (QED) is 0.683. The summed E-state index contributed by atoms with van der Waals surface area (Å²) in [6.45, 7) is 6.34. The second-order valence-electron chi connectivity index (χ2n) is 6.00. The van der Waals surface area contributed by atoms with Gasteiger partial charge in [-0.1, -0.05) is 13.0 Å². The van der Waals surface area contributed by atoms with Gasteiger partial charge in [0.15, 0.2) is 0 Å². The number of nitro benzene ring substituents is 1. The Labute approximate surface area is 136 Å². The number of amides is 2. The van der Waals surface area contributed by atoms with E-state index in [4.69, 9.17) is 0 Å². The fourth-order valence-electron chi connectivity index (χ4n) is 3.09. The second-order valence-corrected chi connectivity index (χ2v) is 6.00. The summed E-state index contributed by atoms with van der Waals surface area (Å²) in [6.07, 6.45) is 1.88. The molecule has 23 heavy (non-hydrogen) atoms. The highest BCUT2D eigenvalue weighted by atomic mass is 16.6.